The Bertz CT molecular complexity index is 803. The number of hydrogen-bond donors (Lipinski definition) is 1. The average molecular weight is 355 g/mol. The van der Waals surface area contributed by atoms with Crippen molar-refractivity contribution in [3.05, 3.63) is 47.8 Å². The van der Waals surface area contributed by atoms with E-state index in [2.05, 4.69) is 4.98 Å². The summed E-state index contributed by atoms with van der Waals surface area (Å²) in [6.07, 6.45) is 4.19. The summed E-state index contributed by atoms with van der Waals surface area (Å²) in [5.74, 6) is 1.24. The highest BCUT2D eigenvalue weighted by atomic mass is 16.6. The number of fused-ring (bicyclic) bond motifs is 1. The van der Waals surface area contributed by atoms with Crippen LogP contribution in [-0.4, -0.2) is 66.0 Å². The molecule has 0 saturated carbocycles. The molecule has 0 bridgehead atoms. The van der Waals surface area contributed by atoms with Crippen LogP contribution in [0.1, 0.15) is 27.1 Å². The molecule has 1 saturated heterocycles. The van der Waals surface area contributed by atoms with Crippen molar-refractivity contribution in [3.8, 4) is 11.5 Å². The summed E-state index contributed by atoms with van der Waals surface area (Å²) in [5.41, 5.74) is 1.23. The Morgan fingerprint density at radius 2 is 1.54 bits per heavy atom. The number of carbonyl (C=O) groups is 2. The number of amides is 2. The molecule has 2 aliphatic heterocycles. The monoisotopic (exact) mass is 355 g/mol. The van der Waals surface area contributed by atoms with Gasteiger partial charge in [0.25, 0.3) is 11.8 Å². The molecule has 0 atom stereocenters. The molecule has 2 amide bonds. The molecular weight excluding hydrogens is 334 g/mol. The van der Waals surface area contributed by atoms with Gasteiger partial charge >= 0.3 is 0 Å². The van der Waals surface area contributed by atoms with Gasteiger partial charge in [0.1, 0.15) is 13.2 Å². The fourth-order valence-corrected chi connectivity index (χ4v) is 3.32. The Labute approximate surface area is 151 Å². The summed E-state index contributed by atoms with van der Waals surface area (Å²) < 4.78 is 11.1. The normalized spacial score (nSPS) is 16.9. The molecule has 1 aromatic heterocycles. The van der Waals surface area contributed by atoms with Crippen molar-refractivity contribution in [3.63, 3.8) is 0 Å². The van der Waals surface area contributed by atoms with Crippen molar-refractivity contribution in [2.45, 2.75) is 6.42 Å². The van der Waals surface area contributed by atoms with Gasteiger partial charge in [0, 0.05) is 44.1 Å². The highest BCUT2D eigenvalue weighted by molar-refractivity contribution is 5.96. The van der Waals surface area contributed by atoms with Crippen LogP contribution >= 0.6 is 0 Å². The zero-order valence-corrected chi connectivity index (χ0v) is 14.4. The van der Waals surface area contributed by atoms with E-state index in [0.29, 0.717) is 62.0 Å². The van der Waals surface area contributed by atoms with Crippen LogP contribution in [0.2, 0.25) is 0 Å². The molecule has 26 heavy (non-hydrogen) atoms. The van der Waals surface area contributed by atoms with Crippen LogP contribution in [0.3, 0.4) is 0 Å². The molecule has 1 N–H and O–H groups in total. The molecule has 3 heterocycles. The summed E-state index contributed by atoms with van der Waals surface area (Å²) in [4.78, 5) is 31.9. The van der Waals surface area contributed by atoms with Crippen LogP contribution in [0, 0.1) is 0 Å². The van der Waals surface area contributed by atoms with Gasteiger partial charge in [-0.15, -0.1) is 0 Å². The second-order valence-electron chi connectivity index (χ2n) is 6.40. The molecule has 0 aliphatic carbocycles. The van der Waals surface area contributed by atoms with E-state index in [0.717, 1.165) is 6.42 Å². The second-order valence-corrected chi connectivity index (χ2v) is 6.40. The van der Waals surface area contributed by atoms with Gasteiger partial charge in [-0.2, -0.15) is 0 Å². The maximum absolute atomic E-state index is 12.9. The van der Waals surface area contributed by atoms with Crippen LogP contribution in [0.5, 0.6) is 11.5 Å². The number of aromatic nitrogens is 1. The number of H-pyrrole nitrogens is 1. The van der Waals surface area contributed by atoms with Crippen LogP contribution < -0.4 is 9.47 Å². The van der Waals surface area contributed by atoms with E-state index in [1.165, 1.54) is 0 Å². The minimum Gasteiger partial charge on any atom is -0.486 e. The van der Waals surface area contributed by atoms with E-state index >= 15 is 0 Å². The maximum atomic E-state index is 12.9. The fraction of sp³-hybridized carbons (Fsp3) is 0.368. The van der Waals surface area contributed by atoms with Crippen molar-refractivity contribution in [2.24, 2.45) is 0 Å². The van der Waals surface area contributed by atoms with Crippen molar-refractivity contribution in [1.29, 1.82) is 0 Å². The minimum absolute atomic E-state index is 0.000112. The van der Waals surface area contributed by atoms with Gasteiger partial charge in [0.05, 0.1) is 5.56 Å². The third kappa shape index (κ3) is 3.24. The SMILES string of the molecule is O=C(c1cc[nH]c1)N1CCCN(C(=O)c2ccc3c(c2)OCCO3)CC1. The van der Waals surface area contributed by atoms with Crippen LogP contribution in [0.4, 0.5) is 0 Å². The lowest BCUT2D eigenvalue weighted by molar-refractivity contribution is 0.0718. The van der Waals surface area contributed by atoms with E-state index in [9.17, 15) is 9.59 Å². The quantitative estimate of drug-likeness (QED) is 0.891. The van der Waals surface area contributed by atoms with E-state index in [4.69, 9.17) is 9.47 Å². The summed E-state index contributed by atoms with van der Waals surface area (Å²) >= 11 is 0. The molecule has 7 heteroatoms. The largest absolute Gasteiger partial charge is 0.486 e. The van der Waals surface area contributed by atoms with Gasteiger partial charge in [-0.3, -0.25) is 9.59 Å². The summed E-state index contributed by atoms with van der Waals surface area (Å²) in [5, 5.41) is 0. The Morgan fingerprint density at radius 3 is 2.23 bits per heavy atom. The van der Waals surface area contributed by atoms with Gasteiger partial charge in [-0.25, -0.2) is 0 Å². The van der Waals surface area contributed by atoms with Gasteiger partial charge in [-0.1, -0.05) is 0 Å². The standard InChI is InChI=1S/C19H21N3O4/c23-18(14-2-3-16-17(12-14)26-11-10-25-16)21-6-1-7-22(9-8-21)19(24)15-4-5-20-13-15/h2-5,12-13,20H,1,6-11H2. The van der Waals surface area contributed by atoms with E-state index < -0.39 is 0 Å². The number of ether oxygens (including phenoxy) is 2. The van der Waals surface area contributed by atoms with Gasteiger partial charge in [-0.05, 0) is 30.7 Å². The van der Waals surface area contributed by atoms with Crippen molar-refractivity contribution >= 4 is 11.8 Å². The first kappa shape index (κ1) is 16.5. The van der Waals surface area contributed by atoms with Crippen LogP contribution in [0.15, 0.2) is 36.7 Å². The zero-order valence-electron chi connectivity index (χ0n) is 14.4. The lowest BCUT2D eigenvalue weighted by Gasteiger charge is -2.23. The minimum atomic E-state index is -0.0436. The second kappa shape index (κ2) is 7.11. The number of nitrogens with zero attached hydrogens (tertiary/aromatic N) is 2. The van der Waals surface area contributed by atoms with Crippen LogP contribution in [-0.2, 0) is 0 Å². The number of benzene rings is 1. The smallest absolute Gasteiger partial charge is 0.255 e. The zero-order chi connectivity index (χ0) is 17.9. The average Bonchev–Trinajstić information content (AvgIpc) is 3.11. The first-order chi connectivity index (χ1) is 12.7. The van der Waals surface area contributed by atoms with E-state index in [-0.39, 0.29) is 11.8 Å². The van der Waals surface area contributed by atoms with Crippen molar-refractivity contribution in [2.75, 3.05) is 39.4 Å². The number of nitrogens with one attached hydrogen (secondary N) is 1. The first-order valence-electron chi connectivity index (χ1n) is 8.83. The Balaban J connectivity index is 1.44. The Kier molecular flexibility index (Phi) is 4.51. The third-order valence-corrected chi connectivity index (χ3v) is 4.70. The fourth-order valence-electron chi connectivity index (χ4n) is 3.32. The maximum Gasteiger partial charge on any atom is 0.255 e. The predicted molar refractivity (Wildman–Crippen MR) is 94.6 cm³/mol. The topological polar surface area (TPSA) is 74.9 Å². The lowest BCUT2D eigenvalue weighted by atomic mass is 10.1. The Morgan fingerprint density at radius 1 is 0.846 bits per heavy atom. The highest BCUT2D eigenvalue weighted by Gasteiger charge is 2.24. The molecule has 0 radical (unpaired) electrons. The van der Waals surface area contributed by atoms with Gasteiger partial charge in [0.2, 0.25) is 0 Å². The molecule has 1 fully saturated rings. The van der Waals surface area contributed by atoms with Crippen LogP contribution in [0.25, 0.3) is 0 Å². The third-order valence-electron chi connectivity index (χ3n) is 4.70. The summed E-state index contributed by atoms with van der Waals surface area (Å²) in [6.45, 7) is 3.34. The molecule has 136 valence electrons. The molecule has 1 aromatic carbocycles. The van der Waals surface area contributed by atoms with Crippen molar-refractivity contribution < 1.29 is 19.1 Å². The predicted octanol–water partition coefficient (Wildman–Crippen LogP) is 1.77. The molecule has 2 aromatic rings. The molecular formula is C19H21N3O4. The summed E-state index contributed by atoms with van der Waals surface area (Å²) in [7, 11) is 0. The molecule has 4 rings (SSSR count). The van der Waals surface area contributed by atoms with E-state index in [1.807, 2.05) is 0 Å². The number of hydrogen-bond acceptors (Lipinski definition) is 4. The molecule has 2 aliphatic rings. The lowest BCUT2D eigenvalue weighted by Crippen LogP contribution is -2.37. The number of aromatic amines is 1. The van der Waals surface area contributed by atoms with Crippen molar-refractivity contribution in [1.82, 2.24) is 14.8 Å². The number of rotatable bonds is 2. The van der Waals surface area contributed by atoms with Gasteiger partial charge in [0.15, 0.2) is 11.5 Å². The summed E-state index contributed by atoms with van der Waals surface area (Å²) in [6, 6.07) is 7.06. The Hall–Kier alpha value is -2.96. The highest BCUT2D eigenvalue weighted by Crippen LogP contribution is 2.31. The molecule has 0 spiro atoms. The van der Waals surface area contributed by atoms with E-state index in [1.54, 1.807) is 46.5 Å². The van der Waals surface area contributed by atoms with Gasteiger partial charge < -0.3 is 24.3 Å². The number of carbonyl (C=O) groups excluding carboxylic acids is 2. The molecule has 0 unspecified atom stereocenters. The first-order valence-corrected chi connectivity index (χ1v) is 8.83. The molecule has 7 nitrogen and oxygen atoms in total.